The van der Waals surface area contributed by atoms with Crippen molar-refractivity contribution >= 4 is 52.1 Å². The van der Waals surface area contributed by atoms with Gasteiger partial charge in [-0.15, -0.1) is 0 Å². The fourth-order valence-corrected chi connectivity index (χ4v) is 2.52. The number of hydrogen-bond donors (Lipinski definition) is 2. The molecule has 0 unspecified atom stereocenters. The van der Waals surface area contributed by atoms with E-state index in [1.54, 1.807) is 18.2 Å². The van der Waals surface area contributed by atoms with Crippen LogP contribution in [0.1, 0.15) is 12.0 Å². The highest BCUT2D eigenvalue weighted by molar-refractivity contribution is 7.80. The lowest BCUT2D eigenvalue weighted by molar-refractivity contribution is -0.119. The van der Waals surface area contributed by atoms with E-state index in [0.29, 0.717) is 28.6 Å². The number of amides is 1. The highest BCUT2D eigenvalue weighted by Crippen LogP contribution is 2.25. The van der Waals surface area contributed by atoms with Crippen LogP contribution in [0.15, 0.2) is 48.5 Å². The molecule has 0 fully saturated rings. The summed E-state index contributed by atoms with van der Waals surface area (Å²) in [5.74, 6) is -0.147. The van der Waals surface area contributed by atoms with E-state index < -0.39 is 0 Å². The molecule has 0 aliphatic heterocycles. The Balaban J connectivity index is 1.82. The highest BCUT2D eigenvalue weighted by atomic mass is 35.5. The molecule has 0 saturated carbocycles. The number of thiocarbonyl (C=S) groups is 1. The zero-order valence-corrected chi connectivity index (χ0v) is 13.9. The van der Waals surface area contributed by atoms with E-state index in [4.69, 9.17) is 35.4 Å². The van der Waals surface area contributed by atoms with Crippen molar-refractivity contribution < 1.29 is 4.79 Å². The summed E-state index contributed by atoms with van der Waals surface area (Å²) < 4.78 is 0. The van der Waals surface area contributed by atoms with Gasteiger partial charge < -0.3 is 10.6 Å². The van der Waals surface area contributed by atoms with Crippen LogP contribution < -0.4 is 10.6 Å². The molecular weight excluding hydrogens is 339 g/mol. The van der Waals surface area contributed by atoms with Gasteiger partial charge in [0, 0.05) is 11.4 Å². The minimum Gasteiger partial charge on any atom is -0.331 e. The van der Waals surface area contributed by atoms with Crippen LogP contribution in [-0.2, 0) is 11.2 Å². The van der Waals surface area contributed by atoms with E-state index in [1.807, 2.05) is 30.3 Å². The van der Waals surface area contributed by atoms with E-state index in [1.165, 1.54) is 0 Å². The number of benzene rings is 2. The van der Waals surface area contributed by atoms with Gasteiger partial charge in [0.2, 0.25) is 5.91 Å². The predicted molar refractivity (Wildman–Crippen MR) is 95.6 cm³/mol. The van der Waals surface area contributed by atoms with Crippen molar-refractivity contribution in [2.24, 2.45) is 0 Å². The fourth-order valence-electron chi connectivity index (χ4n) is 1.84. The zero-order valence-electron chi connectivity index (χ0n) is 11.6. The van der Waals surface area contributed by atoms with Gasteiger partial charge >= 0.3 is 0 Å². The molecule has 0 atom stereocenters. The first-order chi connectivity index (χ1) is 10.5. The molecule has 0 aliphatic carbocycles. The zero-order chi connectivity index (χ0) is 15.9. The van der Waals surface area contributed by atoms with Crippen LogP contribution in [0.5, 0.6) is 0 Å². The lowest BCUT2D eigenvalue weighted by Gasteiger charge is -2.11. The van der Waals surface area contributed by atoms with E-state index in [0.717, 1.165) is 5.56 Å². The van der Waals surface area contributed by atoms with Crippen molar-refractivity contribution in [3.05, 3.63) is 64.1 Å². The number of aryl methyl sites for hydroxylation is 1. The summed E-state index contributed by atoms with van der Waals surface area (Å²) in [4.78, 5) is 11.9. The van der Waals surface area contributed by atoms with Gasteiger partial charge in [-0.3, -0.25) is 4.79 Å². The molecule has 0 aromatic heterocycles. The molecule has 2 aromatic carbocycles. The topological polar surface area (TPSA) is 41.1 Å². The molecule has 22 heavy (non-hydrogen) atoms. The second-order valence-corrected chi connectivity index (χ2v) is 5.86. The van der Waals surface area contributed by atoms with E-state index in [-0.39, 0.29) is 11.0 Å². The largest absolute Gasteiger partial charge is 0.331 e. The van der Waals surface area contributed by atoms with Gasteiger partial charge in [0.15, 0.2) is 5.11 Å². The van der Waals surface area contributed by atoms with Gasteiger partial charge in [-0.2, -0.15) is 0 Å². The molecule has 2 rings (SSSR count). The quantitative estimate of drug-likeness (QED) is 0.799. The predicted octanol–water partition coefficient (Wildman–Crippen LogP) is 4.44. The number of rotatable bonds is 4. The third-order valence-corrected chi connectivity index (χ3v) is 3.67. The number of hydrogen-bond acceptors (Lipinski definition) is 2. The van der Waals surface area contributed by atoms with Gasteiger partial charge in [-0.25, -0.2) is 0 Å². The van der Waals surface area contributed by atoms with Crippen LogP contribution in [0, 0.1) is 0 Å². The molecule has 0 spiro atoms. The number of nitrogens with one attached hydrogen (secondary N) is 2. The number of anilines is 1. The molecular formula is C16H14Cl2N2OS. The fraction of sp³-hybridized carbons (Fsp3) is 0.125. The summed E-state index contributed by atoms with van der Waals surface area (Å²) in [6.45, 7) is 0. The SMILES string of the molecule is O=C(CCc1ccccc1)NC(=S)Nc1ccc(Cl)cc1Cl. The average molecular weight is 353 g/mol. The summed E-state index contributed by atoms with van der Waals surface area (Å²) in [6, 6.07) is 14.8. The average Bonchev–Trinajstić information content (AvgIpc) is 2.49. The maximum Gasteiger partial charge on any atom is 0.226 e. The van der Waals surface area contributed by atoms with E-state index in [2.05, 4.69) is 10.6 Å². The summed E-state index contributed by atoms with van der Waals surface area (Å²) in [7, 11) is 0. The molecule has 6 heteroatoms. The number of carbonyl (C=O) groups excluding carboxylic acids is 1. The lowest BCUT2D eigenvalue weighted by atomic mass is 10.1. The van der Waals surface area contributed by atoms with Crippen LogP contribution in [-0.4, -0.2) is 11.0 Å². The van der Waals surface area contributed by atoms with Crippen molar-refractivity contribution in [1.29, 1.82) is 0 Å². The Morgan fingerprint density at radius 2 is 1.82 bits per heavy atom. The van der Waals surface area contributed by atoms with Crippen LogP contribution >= 0.6 is 35.4 Å². The van der Waals surface area contributed by atoms with Crippen LogP contribution in [0.4, 0.5) is 5.69 Å². The Morgan fingerprint density at radius 3 is 2.50 bits per heavy atom. The standard InChI is InChI=1S/C16H14Cl2N2OS/c17-12-7-8-14(13(18)10-12)19-16(22)20-15(21)9-6-11-4-2-1-3-5-11/h1-5,7-8,10H,6,9H2,(H2,19,20,21,22). The molecule has 0 aliphatic rings. The maximum absolute atomic E-state index is 11.9. The van der Waals surface area contributed by atoms with Gasteiger partial charge in [-0.1, -0.05) is 53.5 Å². The molecule has 0 bridgehead atoms. The Morgan fingerprint density at radius 1 is 1.09 bits per heavy atom. The Kier molecular flexibility index (Phi) is 6.19. The van der Waals surface area contributed by atoms with Crippen molar-refractivity contribution in [1.82, 2.24) is 5.32 Å². The number of carbonyl (C=O) groups is 1. The molecule has 0 radical (unpaired) electrons. The minimum atomic E-state index is -0.147. The molecule has 2 N–H and O–H groups in total. The van der Waals surface area contributed by atoms with Gasteiger partial charge in [0.1, 0.15) is 0 Å². The van der Waals surface area contributed by atoms with Gasteiger partial charge in [0.05, 0.1) is 10.7 Å². The van der Waals surface area contributed by atoms with Crippen LogP contribution in [0.2, 0.25) is 10.0 Å². The minimum absolute atomic E-state index is 0.147. The summed E-state index contributed by atoms with van der Waals surface area (Å²) in [5, 5.41) is 6.69. The monoisotopic (exact) mass is 352 g/mol. The lowest BCUT2D eigenvalue weighted by Crippen LogP contribution is -2.34. The molecule has 0 saturated heterocycles. The smallest absolute Gasteiger partial charge is 0.226 e. The van der Waals surface area contributed by atoms with E-state index in [9.17, 15) is 4.79 Å². The van der Waals surface area contributed by atoms with Gasteiger partial charge in [-0.05, 0) is 42.4 Å². The second kappa shape index (κ2) is 8.13. The van der Waals surface area contributed by atoms with Crippen molar-refractivity contribution in [3.8, 4) is 0 Å². The Labute approximate surface area is 144 Å². The van der Waals surface area contributed by atoms with E-state index >= 15 is 0 Å². The molecule has 1 amide bonds. The maximum atomic E-state index is 11.9. The first-order valence-electron chi connectivity index (χ1n) is 6.64. The third-order valence-electron chi connectivity index (χ3n) is 2.92. The highest BCUT2D eigenvalue weighted by Gasteiger charge is 2.07. The Bertz CT molecular complexity index is 677. The summed E-state index contributed by atoms with van der Waals surface area (Å²) in [6.07, 6.45) is 1.02. The van der Waals surface area contributed by atoms with Crippen molar-refractivity contribution in [3.63, 3.8) is 0 Å². The first-order valence-corrected chi connectivity index (χ1v) is 7.81. The molecule has 2 aromatic rings. The summed E-state index contributed by atoms with van der Waals surface area (Å²) in [5.41, 5.74) is 1.71. The third kappa shape index (κ3) is 5.30. The molecule has 114 valence electrons. The Hall–Kier alpha value is -1.62. The summed E-state index contributed by atoms with van der Waals surface area (Å²) >= 11 is 17.0. The van der Waals surface area contributed by atoms with Crippen LogP contribution in [0.25, 0.3) is 0 Å². The molecule has 0 heterocycles. The van der Waals surface area contributed by atoms with Crippen molar-refractivity contribution in [2.45, 2.75) is 12.8 Å². The normalized spacial score (nSPS) is 10.1. The molecule has 3 nitrogen and oxygen atoms in total. The number of halogens is 2. The van der Waals surface area contributed by atoms with Crippen molar-refractivity contribution in [2.75, 3.05) is 5.32 Å². The first kappa shape index (κ1) is 16.7. The second-order valence-electron chi connectivity index (χ2n) is 4.61. The van der Waals surface area contributed by atoms with Gasteiger partial charge in [0.25, 0.3) is 0 Å². The van der Waals surface area contributed by atoms with Crippen LogP contribution in [0.3, 0.4) is 0 Å².